The number of morpholine rings is 1. The minimum Gasteiger partial charge on any atom is -0.370 e. The first-order valence-electron chi connectivity index (χ1n) is 7.16. The maximum atomic E-state index is 12.5. The molecule has 1 aromatic carbocycles. The van der Waals surface area contributed by atoms with Crippen molar-refractivity contribution < 1.29 is 22.7 Å². The molecule has 0 spiro atoms. The molecule has 1 aliphatic rings. The summed E-state index contributed by atoms with van der Waals surface area (Å²) in [6.45, 7) is 0.893. The Hall–Kier alpha value is -1.91. The molecule has 134 valence electrons. The Labute approximate surface area is 149 Å². The Kier molecular flexibility index (Phi) is 5.11. The number of hydrogen-bond acceptors (Lipinski definition) is 5. The number of nitrogens with one attached hydrogen (secondary N) is 1. The standard InChI is InChI=1S/C14H12ClF3N4O2S/c15-9-3-1-8(2-4-9)10-7-22(5-6-24-10)13(23)19-12-21-20-11(25-12)14(16,17)18/h1-4,10H,5-7H2,(H,19,21,23). The van der Waals surface area contributed by atoms with Gasteiger partial charge in [-0.3, -0.25) is 5.32 Å². The molecule has 1 atom stereocenters. The Morgan fingerprint density at radius 2 is 2.04 bits per heavy atom. The van der Waals surface area contributed by atoms with Crippen LogP contribution in [0.5, 0.6) is 0 Å². The van der Waals surface area contributed by atoms with Crippen molar-refractivity contribution in [2.75, 3.05) is 25.0 Å². The van der Waals surface area contributed by atoms with Gasteiger partial charge in [0.2, 0.25) is 10.1 Å². The minimum atomic E-state index is -4.58. The van der Waals surface area contributed by atoms with E-state index in [1.165, 1.54) is 4.90 Å². The van der Waals surface area contributed by atoms with E-state index in [1.54, 1.807) is 24.3 Å². The van der Waals surface area contributed by atoms with Crippen LogP contribution in [0.15, 0.2) is 24.3 Å². The number of urea groups is 1. The highest BCUT2D eigenvalue weighted by Gasteiger charge is 2.36. The lowest BCUT2D eigenvalue weighted by Gasteiger charge is -2.32. The van der Waals surface area contributed by atoms with E-state index in [0.29, 0.717) is 18.2 Å². The van der Waals surface area contributed by atoms with Gasteiger partial charge in [0.25, 0.3) is 0 Å². The van der Waals surface area contributed by atoms with E-state index in [0.717, 1.165) is 5.56 Å². The van der Waals surface area contributed by atoms with Crippen LogP contribution in [0.25, 0.3) is 0 Å². The first-order chi connectivity index (χ1) is 11.8. The predicted molar refractivity (Wildman–Crippen MR) is 85.6 cm³/mol. The summed E-state index contributed by atoms with van der Waals surface area (Å²) in [6, 6.07) is 6.49. The molecule has 1 aromatic heterocycles. The highest BCUT2D eigenvalue weighted by atomic mass is 35.5. The Morgan fingerprint density at radius 3 is 2.68 bits per heavy atom. The van der Waals surface area contributed by atoms with E-state index in [4.69, 9.17) is 16.3 Å². The van der Waals surface area contributed by atoms with Crippen LogP contribution in [0.2, 0.25) is 5.02 Å². The number of benzene rings is 1. The molecule has 3 rings (SSSR count). The smallest absolute Gasteiger partial charge is 0.370 e. The third-order valence-electron chi connectivity index (χ3n) is 3.48. The van der Waals surface area contributed by atoms with Gasteiger partial charge in [0.05, 0.1) is 13.2 Å². The number of halogens is 4. The number of hydrogen-bond donors (Lipinski definition) is 1. The number of carbonyl (C=O) groups is 1. The van der Waals surface area contributed by atoms with Crippen molar-refractivity contribution in [1.29, 1.82) is 0 Å². The van der Waals surface area contributed by atoms with Crippen LogP contribution < -0.4 is 5.32 Å². The average molecular weight is 393 g/mol. The van der Waals surface area contributed by atoms with Crippen LogP contribution in [0.4, 0.5) is 23.1 Å². The molecule has 1 saturated heterocycles. The van der Waals surface area contributed by atoms with Gasteiger partial charge in [0.1, 0.15) is 6.10 Å². The molecule has 0 saturated carbocycles. The van der Waals surface area contributed by atoms with Crippen molar-refractivity contribution in [3.63, 3.8) is 0 Å². The molecule has 25 heavy (non-hydrogen) atoms. The second kappa shape index (κ2) is 7.14. The van der Waals surface area contributed by atoms with Crippen molar-refractivity contribution in [1.82, 2.24) is 15.1 Å². The van der Waals surface area contributed by atoms with E-state index in [1.807, 2.05) is 0 Å². The van der Waals surface area contributed by atoms with E-state index < -0.39 is 17.2 Å². The normalized spacial score (nSPS) is 18.2. The van der Waals surface area contributed by atoms with Crippen molar-refractivity contribution in [2.45, 2.75) is 12.3 Å². The second-order valence-corrected chi connectivity index (χ2v) is 6.61. The summed E-state index contributed by atoms with van der Waals surface area (Å²) in [5.74, 6) is 0. The fourth-order valence-electron chi connectivity index (χ4n) is 2.27. The molecule has 1 N–H and O–H groups in total. The molecule has 0 bridgehead atoms. The number of alkyl halides is 3. The number of nitrogens with zero attached hydrogens (tertiary/aromatic N) is 3. The van der Waals surface area contributed by atoms with Gasteiger partial charge >= 0.3 is 12.2 Å². The fourth-order valence-corrected chi connectivity index (χ4v) is 3.00. The van der Waals surface area contributed by atoms with Crippen molar-refractivity contribution >= 4 is 34.1 Å². The Balaban J connectivity index is 1.64. The molecule has 2 amide bonds. The SMILES string of the molecule is O=C(Nc1nnc(C(F)(F)F)s1)N1CCOC(c2ccc(Cl)cc2)C1. The molecule has 2 heterocycles. The maximum Gasteiger partial charge on any atom is 0.445 e. The van der Waals surface area contributed by atoms with Crippen LogP contribution in [0.3, 0.4) is 0 Å². The lowest BCUT2D eigenvalue weighted by molar-refractivity contribution is -0.138. The largest absolute Gasteiger partial charge is 0.445 e. The van der Waals surface area contributed by atoms with Gasteiger partial charge in [-0.2, -0.15) is 13.2 Å². The number of amides is 2. The molecular weight excluding hydrogens is 381 g/mol. The van der Waals surface area contributed by atoms with Crippen molar-refractivity contribution in [3.05, 3.63) is 39.9 Å². The summed E-state index contributed by atoms with van der Waals surface area (Å²) in [6.07, 6.45) is -4.92. The monoisotopic (exact) mass is 392 g/mol. The highest BCUT2D eigenvalue weighted by Crippen LogP contribution is 2.33. The molecule has 0 radical (unpaired) electrons. The zero-order chi connectivity index (χ0) is 18.0. The van der Waals surface area contributed by atoms with Crippen LogP contribution in [0.1, 0.15) is 16.7 Å². The van der Waals surface area contributed by atoms with Crippen LogP contribution >= 0.6 is 22.9 Å². The molecule has 11 heteroatoms. The third-order valence-corrected chi connectivity index (χ3v) is 4.61. The Morgan fingerprint density at radius 1 is 1.32 bits per heavy atom. The van der Waals surface area contributed by atoms with Crippen LogP contribution in [-0.2, 0) is 10.9 Å². The van der Waals surface area contributed by atoms with Gasteiger partial charge in [-0.15, -0.1) is 10.2 Å². The topological polar surface area (TPSA) is 67.4 Å². The summed E-state index contributed by atoms with van der Waals surface area (Å²) < 4.78 is 43.2. The highest BCUT2D eigenvalue weighted by molar-refractivity contribution is 7.15. The second-order valence-electron chi connectivity index (χ2n) is 5.20. The van der Waals surface area contributed by atoms with Crippen LogP contribution in [-0.4, -0.2) is 40.8 Å². The summed E-state index contributed by atoms with van der Waals surface area (Å²) >= 11 is 6.13. The van der Waals surface area contributed by atoms with Crippen LogP contribution in [0, 0.1) is 0 Å². The van der Waals surface area contributed by atoms with Crippen molar-refractivity contribution in [2.24, 2.45) is 0 Å². The van der Waals surface area contributed by atoms with E-state index >= 15 is 0 Å². The lowest BCUT2D eigenvalue weighted by Crippen LogP contribution is -2.44. The van der Waals surface area contributed by atoms with Gasteiger partial charge in [0.15, 0.2) is 0 Å². The zero-order valence-corrected chi connectivity index (χ0v) is 14.2. The summed E-state index contributed by atoms with van der Waals surface area (Å²) in [5, 5.41) is 8.00. The maximum absolute atomic E-state index is 12.5. The number of anilines is 1. The van der Waals surface area contributed by atoms with E-state index in [-0.39, 0.29) is 29.1 Å². The zero-order valence-electron chi connectivity index (χ0n) is 12.6. The first kappa shape index (κ1) is 17.9. The van der Waals surface area contributed by atoms with Gasteiger partial charge < -0.3 is 9.64 Å². The molecule has 2 aromatic rings. The van der Waals surface area contributed by atoms with Gasteiger partial charge in [0, 0.05) is 11.6 Å². The quantitative estimate of drug-likeness (QED) is 0.843. The van der Waals surface area contributed by atoms with Gasteiger partial charge in [-0.05, 0) is 17.7 Å². The average Bonchev–Trinajstić information content (AvgIpc) is 3.04. The lowest BCUT2D eigenvalue weighted by atomic mass is 10.1. The first-order valence-corrected chi connectivity index (χ1v) is 8.36. The summed E-state index contributed by atoms with van der Waals surface area (Å²) in [7, 11) is 0. The van der Waals surface area contributed by atoms with Crippen molar-refractivity contribution in [3.8, 4) is 0 Å². The minimum absolute atomic E-state index is 0.202. The van der Waals surface area contributed by atoms with Gasteiger partial charge in [-0.25, -0.2) is 4.79 Å². The molecule has 0 aliphatic carbocycles. The molecule has 6 nitrogen and oxygen atoms in total. The third kappa shape index (κ3) is 4.39. The molecule has 1 aliphatic heterocycles. The van der Waals surface area contributed by atoms with Gasteiger partial charge in [-0.1, -0.05) is 35.1 Å². The number of aromatic nitrogens is 2. The number of ether oxygens (including phenoxy) is 1. The predicted octanol–water partition coefficient (Wildman–Crippen LogP) is 3.82. The number of carbonyl (C=O) groups excluding carboxylic acids is 1. The summed E-state index contributed by atoms with van der Waals surface area (Å²) in [4.78, 5) is 13.7. The molecule has 1 fully saturated rings. The summed E-state index contributed by atoms with van der Waals surface area (Å²) in [5.41, 5.74) is 0.858. The molecular formula is C14H12ClF3N4O2S. The fraction of sp³-hybridized carbons (Fsp3) is 0.357. The number of rotatable bonds is 2. The van der Waals surface area contributed by atoms with E-state index in [2.05, 4.69) is 15.5 Å². The molecule has 1 unspecified atom stereocenters. The van der Waals surface area contributed by atoms with E-state index in [9.17, 15) is 18.0 Å². The Bertz CT molecular complexity index is 753.